The second-order valence-corrected chi connectivity index (χ2v) is 10.3. The average Bonchev–Trinajstić information content (AvgIpc) is 2.90. The summed E-state index contributed by atoms with van der Waals surface area (Å²) in [5, 5.41) is 41.5. The van der Waals surface area contributed by atoms with Gasteiger partial charge in [-0.25, -0.2) is 4.79 Å². The third kappa shape index (κ3) is 6.65. The lowest BCUT2D eigenvalue weighted by Gasteiger charge is -2.41. The van der Waals surface area contributed by atoms with Gasteiger partial charge in [0, 0.05) is 15.7 Å². The average molecular weight is 545 g/mol. The van der Waals surface area contributed by atoms with E-state index in [1.165, 1.54) is 23.9 Å². The molecule has 0 radical (unpaired) electrons. The Morgan fingerprint density at radius 2 is 1.68 bits per heavy atom. The van der Waals surface area contributed by atoms with Crippen LogP contribution in [0.4, 0.5) is 0 Å². The minimum Gasteiger partial charge on any atom is -0.494 e. The molecule has 0 saturated carbocycles. The van der Waals surface area contributed by atoms with E-state index in [-0.39, 0.29) is 5.56 Å². The molecule has 0 spiro atoms. The molecule has 1 aliphatic heterocycles. The number of carboxylic acid groups (broad SMARTS) is 1. The van der Waals surface area contributed by atoms with Gasteiger partial charge in [-0.3, -0.25) is 0 Å². The summed E-state index contributed by atoms with van der Waals surface area (Å²) in [7, 11) is 0. The number of aliphatic hydroxyl groups excluding tert-OH is 3. The molecule has 196 valence electrons. The second kappa shape index (κ2) is 12.3. The Morgan fingerprint density at radius 3 is 2.32 bits per heavy atom. The zero-order chi connectivity index (χ0) is 26.5. The van der Waals surface area contributed by atoms with Crippen molar-refractivity contribution in [3.05, 3.63) is 94.0 Å². The zero-order valence-corrected chi connectivity index (χ0v) is 21.7. The normalized spacial score (nSPS) is 23.5. The number of ether oxygens (including phenoxy) is 2. The molecule has 0 aliphatic carbocycles. The zero-order valence-electron chi connectivity index (χ0n) is 20.2. The van der Waals surface area contributed by atoms with Gasteiger partial charge in [-0.05, 0) is 72.5 Å². The fourth-order valence-corrected chi connectivity index (χ4v) is 5.38. The molecule has 3 aromatic rings. The van der Waals surface area contributed by atoms with Crippen LogP contribution in [0.3, 0.4) is 0 Å². The highest BCUT2D eigenvalue weighted by atomic mass is 35.5. The maximum Gasteiger partial charge on any atom is 0.335 e. The van der Waals surface area contributed by atoms with Crippen molar-refractivity contribution < 1.29 is 34.7 Å². The van der Waals surface area contributed by atoms with Crippen LogP contribution in [0, 0.1) is 0 Å². The van der Waals surface area contributed by atoms with Gasteiger partial charge in [0.1, 0.15) is 30.2 Å². The number of halogens is 1. The van der Waals surface area contributed by atoms with E-state index in [1.54, 1.807) is 24.3 Å². The number of rotatable bonds is 9. The van der Waals surface area contributed by atoms with Gasteiger partial charge in [0.25, 0.3) is 0 Å². The lowest BCUT2D eigenvalue weighted by atomic mass is 9.90. The van der Waals surface area contributed by atoms with Crippen LogP contribution in [0.2, 0.25) is 5.02 Å². The van der Waals surface area contributed by atoms with Crippen molar-refractivity contribution in [2.75, 3.05) is 12.4 Å². The number of aromatic carboxylic acids is 1. The molecule has 37 heavy (non-hydrogen) atoms. The van der Waals surface area contributed by atoms with E-state index in [2.05, 4.69) is 0 Å². The number of benzene rings is 3. The summed E-state index contributed by atoms with van der Waals surface area (Å²) in [6.45, 7) is 2.52. The molecule has 3 aromatic carbocycles. The summed E-state index contributed by atoms with van der Waals surface area (Å²) in [4.78, 5) is 11.9. The van der Waals surface area contributed by atoms with Crippen LogP contribution in [-0.4, -0.2) is 63.2 Å². The van der Waals surface area contributed by atoms with Crippen molar-refractivity contribution in [2.24, 2.45) is 0 Å². The topological polar surface area (TPSA) is 116 Å². The fraction of sp³-hybridized carbons (Fsp3) is 0.321. The van der Waals surface area contributed by atoms with Gasteiger partial charge < -0.3 is 29.9 Å². The Hall–Kier alpha value is -2.59. The highest BCUT2D eigenvalue weighted by molar-refractivity contribution is 7.99. The monoisotopic (exact) mass is 544 g/mol. The maximum atomic E-state index is 11.1. The second-order valence-electron chi connectivity index (χ2n) is 8.81. The van der Waals surface area contributed by atoms with Gasteiger partial charge in [-0.1, -0.05) is 35.9 Å². The molecule has 0 unspecified atom stereocenters. The molecular formula is C28H29ClO7S. The van der Waals surface area contributed by atoms with Gasteiger partial charge in [0.05, 0.1) is 18.3 Å². The maximum absolute atomic E-state index is 11.1. The van der Waals surface area contributed by atoms with E-state index >= 15 is 0 Å². The number of hydrogen-bond donors (Lipinski definition) is 4. The van der Waals surface area contributed by atoms with E-state index in [4.69, 9.17) is 26.2 Å². The minimum absolute atomic E-state index is 0.181. The van der Waals surface area contributed by atoms with Gasteiger partial charge in [-0.2, -0.15) is 0 Å². The highest BCUT2D eigenvalue weighted by Crippen LogP contribution is 2.36. The van der Waals surface area contributed by atoms with Crippen molar-refractivity contribution in [3.63, 3.8) is 0 Å². The number of carboxylic acids is 1. The van der Waals surface area contributed by atoms with Gasteiger partial charge in [0.2, 0.25) is 0 Å². The molecule has 0 bridgehead atoms. The number of hydrogen-bond acceptors (Lipinski definition) is 7. The summed E-state index contributed by atoms with van der Waals surface area (Å²) in [6, 6.07) is 19.4. The Morgan fingerprint density at radius 1 is 0.973 bits per heavy atom. The predicted octanol–water partition coefficient (Wildman–Crippen LogP) is 4.34. The molecule has 9 heteroatoms. The van der Waals surface area contributed by atoms with E-state index in [0.717, 1.165) is 21.8 Å². The van der Waals surface area contributed by atoms with E-state index in [1.807, 2.05) is 37.3 Å². The van der Waals surface area contributed by atoms with E-state index in [0.29, 0.717) is 29.4 Å². The molecule has 1 heterocycles. The molecule has 1 fully saturated rings. The third-order valence-corrected chi connectivity index (χ3v) is 7.72. The molecule has 0 aromatic heterocycles. The Balaban J connectivity index is 1.48. The van der Waals surface area contributed by atoms with Crippen LogP contribution in [-0.2, 0) is 11.2 Å². The van der Waals surface area contributed by atoms with Crippen LogP contribution in [0.1, 0.15) is 40.1 Å². The molecule has 4 rings (SSSR count). The van der Waals surface area contributed by atoms with Crippen LogP contribution in [0.5, 0.6) is 5.75 Å². The van der Waals surface area contributed by atoms with Gasteiger partial charge >= 0.3 is 5.97 Å². The smallest absolute Gasteiger partial charge is 0.335 e. The first-order chi connectivity index (χ1) is 17.8. The first-order valence-corrected chi connectivity index (χ1v) is 13.3. The molecule has 7 nitrogen and oxygen atoms in total. The first-order valence-electron chi connectivity index (χ1n) is 11.9. The Bertz CT molecular complexity index is 1200. The molecule has 1 saturated heterocycles. The Kier molecular flexibility index (Phi) is 9.13. The lowest BCUT2D eigenvalue weighted by Crippen LogP contribution is -2.54. The van der Waals surface area contributed by atoms with Gasteiger partial charge in [-0.15, -0.1) is 11.8 Å². The SMILES string of the molecule is CCOc1ccc(Cc2cc([C@@H]3O[C@H](CSc4ccc(C(=O)O)cc4)[C@H](O)[C@@H](O)[C@H]3O)ccc2Cl)cc1. The van der Waals surface area contributed by atoms with Gasteiger partial charge in [0.15, 0.2) is 0 Å². The van der Waals surface area contributed by atoms with Crippen LogP contribution in [0.25, 0.3) is 0 Å². The van der Waals surface area contributed by atoms with Crippen LogP contribution in [0.15, 0.2) is 71.6 Å². The minimum atomic E-state index is -1.40. The predicted molar refractivity (Wildman–Crippen MR) is 142 cm³/mol. The fourth-order valence-electron chi connectivity index (χ4n) is 4.23. The van der Waals surface area contributed by atoms with Crippen LogP contribution < -0.4 is 4.74 Å². The van der Waals surface area contributed by atoms with Crippen molar-refractivity contribution in [1.29, 1.82) is 0 Å². The molecule has 4 N–H and O–H groups in total. The van der Waals surface area contributed by atoms with E-state index < -0.39 is 36.5 Å². The lowest BCUT2D eigenvalue weighted by molar-refractivity contribution is -0.218. The Labute approximate surface area is 224 Å². The van der Waals surface area contributed by atoms with Crippen molar-refractivity contribution in [2.45, 2.75) is 48.8 Å². The largest absolute Gasteiger partial charge is 0.494 e. The summed E-state index contributed by atoms with van der Waals surface area (Å²) < 4.78 is 11.6. The first kappa shape index (κ1) is 27.4. The molecular weight excluding hydrogens is 516 g/mol. The summed E-state index contributed by atoms with van der Waals surface area (Å²) >= 11 is 7.84. The number of carbonyl (C=O) groups is 1. The highest BCUT2D eigenvalue weighted by Gasteiger charge is 2.44. The molecule has 1 aliphatic rings. The van der Waals surface area contributed by atoms with Crippen molar-refractivity contribution in [1.82, 2.24) is 0 Å². The van der Waals surface area contributed by atoms with Crippen molar-refractivity contribution >= 4 is 29.3 Å². The van der Waals surface area contributed by atoms with Crippen molar-refractivity contribution in [3.8, 4) is 5.75 Å². The number of thioether (sulfide) groups is 1. The number of aliphatic hydroxyl groups is 3. The molecule has 0 amide bonds. The summed E-state index contributed by atoms with van der Waals surface area (Å²) in [6.07, 6.45) is -5.09. The quantitative estimate of drug-likeness (QED) is 0.294. The summed E-state index contributed by atoms with van der Waals surface area (Å²) in [5.74, 6) is 0.0760. The van der Waals surface area contributed by atoms with Crippen LogP contribution >= 0.6 is 23.4 Å². The summed E-state index contributed by atoms with van der Waals surface area (Å²) in [5.41, 5.74) is 2.70. The third-order valence-electron chi connectivity index (χ3n) is 6.26. The molecule has 5 atom stereocenters. The van der Waals surface area contributed by atoms with E-state index in [9.17, 15) is 20.1 Å². The standard InChI is InChI=1S/C28H29ClO7S/c1-2-35-20-8-3-16(4-9-20)13-19-14-18(7-12-22(19)29)27-26(32)25(31)24(30)23(36-27)15-37-21-10-5-17(6-11-21)28(33)34/h3-12,14,23-27,30-32H,2,13,15H2,1H3,(H,33,34)/t23-,24+,25-,26-,27+/m1/s1.